The molecule has 1 unspecified atom stereocenters. The number of nitrogens with two attached hydrogens (primary N) is 1. The van der Waals surface area contributed by atoms with Crippen molar-refractivity contribution < 1.29 is 0 Å². The Morgan fingerprint density at radius 3 is 2.35 bits per heavy atom. The molecule has 0 heterocycles. The van der Waals surface area contributed by atoms with E-state index in [9.17, 15) is 0 Å². The van der Waals surface area contributed by atoms with E-state index >= 15 is 0 Å². The second-order valence-corrected chi connectivity index (χ2v) is 7.07. The summed E-state index contributed by atoms with van der Waals surface area (Å²) >= 11 is 0. The summed E-state index contributed by atoms with van der Waals surface area (Å²) in [6, 6.07) is 0. The fraction of sp³-hybridized carbons (Fsp3) is 1.00. The molecule has 17 heavy (non-hydrogen) atoms. The summed E-state index contributed by atoms with van der Waals surface area (Å²) in [5.74, 6) is 1.66. The Morgan fingerprint density at radius 2 is 1.94 bits per heavy atom. The van der Waals surface area contributed by atoms with E-state index in [1.165, 1.54) is 45.3 Å². The van der Waals surface area contributed by atoms with Gasteiger partial charge in [0.25, 0.3) is 0 Å². The lowest BCUT2D eigenvalue weighted by molar-refractivity contribution is 0.188. The zero-order chi connectivity index (χ0) is 12.9. The van der Waals surface area contributed by atoms with Crippen molar-refractivity contribution in [2.24, 2.45) is 23.0 Å². The van der Waals surface area contributed by atoms with Crippen LogP contribution < -0.4 is 5.73 Å². The summed E-state index contributed by atoms with van der Waals surface area (Å²) in [5.41, 5.74) is 6.35. The molecule has 0 amide bonds. The highest BCUT2D eigenvalue weighted by atomic mass is 15.1. The summed E-state index contributed by atoms with van der Waals surface area (Å²) in [7, 11) is 0. The van der Waals surface area contributed by atoms with Crippen LogP contribution in [-0.4, -0.2) is 31.1 Å². The summed E-state index contributed by atoms with van der Waals surface area (Å²) in [4.78, 5) is 2.65. The van der Waals surface area contributed by atoms with Gasteiger partial charge in [0, 0.05) is 13.1 Å². The van der Waals surface area contributed by atoms with Crippen LogP contribution >= 0.6 is 0 Å². The molecule has 2 heteroatoms. The van der Waals surface area contributed by atoms with E-state index in [0.29, 0.717) is 11.3 Å². The third-order valence-corrected chi connectivity index (χ3v) is 3.50. The van der Waals surface area contributed by atoms with Crippen LogP contribution in [0.25, 0.3) is 0 Å². The van der Waals surface area contributed by atoms with Crippen molar-refractivity contribution >= 4 is 0 Å². The van der Waals surface area contributed by atoms with Crippen molar-refractivity contribution in [1.29, 1.82) is 0 Å². The molecule has 0 radical (unpaired) electrons. The van der Waals surface area contributed by atoms with Crippen molar-refractivity contribution in [2.45, 2.75) is 53.4 Å². The lowest BCUT2D eigenvalue weighted by Crippen LogP contribution is -2.36. The van der Waals surface area contributed by atoms with Crippen LogP contribution in [0.2, 0.25) is 0 Å². The van der Waals surface area contributed by atoms with Gasteiger partial charge in [-0.3, -0.25) is 0 Å². The van der Waals surface area contributed by atoms with E-state index in [1.54, 1.807) is 0 Å². The molecular weight excluding hydrogens is 208 g/mol. The molecule has 0 aromatic rings. The zero-order valence-corrected chi connectivity index (χ0v) is 12.3. The van der Waals surface area contributed by atoms with Gasteiger partial charge < -0.3 is 10.6 Å². The SMILES string of the molecule is CCCN(CC1CC1)CC(CN)CC(C)(C)C. The highest BCUT2D eigenvalue weighted by Crippen LogP contribution is 2.31. The third-order valence-electron chi connectivity index (χ3n) is 3.50. The van der Waals surface area contributed by atoms with Gasteiger partial charge in [0.15, 0.2) is 0 Å². The predicted octanol–water partition coefficient (Wildman–Crippen LogP) is 3.12. The lowest BCUT2D eigenvalue weighted by Gasteiger charge is -2.30. The van der Waals surface area contributed by atoms with Crippen LogP contribution in [0.15, 0.2) is 0 Å². The van der Waals surface area contributed by atoms with Crippen molar-refractivity contribution in [3.8, 4) is 0 Å². The van der Waals surface area contributed by atoms with E-state index in [2.05, 4.69) is 32.6 Å². The van der Waals surface area contributed by atoms with E-state index in [1.807, 2.05) is 0 Å². The predicted molar refractivity (Wildman–Crippen MR) is 76.1 cm³/mol. The molecule has 0 aromatic heterocycles. The van der Waals surface area contributed by atoms with E-state index in [0.717, 1.165) is 12.5 Å². The molecule has 1 saturated carbocycles. The number of rotatable bonds is 8. The third kappa shape index (κ3) is 7.05. The van der Waals surface area contributed by atoms with E-state index in [4.69, 9.17) is 5.73 Å². The second kappa shape index (κ2) is 6.75. The Kier molecular flexibility index (Phi) is 5.94. The van der Waals surface area contributed by atoms with Crippen LogP contribution in [-0.2, 0) is 0 Å². The maximum atomic E-state index is 5.94. The molecule has 0 aliphatic heterocycles. The van der Waals surface area contributed by atoms with Gasteiger partial charge in [0.2, 0.25) is 0 Å². The largest absolute Gasteiger partial charge is 0.330 e. The quantitative estimate of drug-likeness (QED) is 0.706. The van der Waals surface area contributed by atoms with E-state index < -0.39 is 0 Å². The van der Waals surface area contributed by atoms with Crippen LogP contribution in [0.1, 0.15) is 53.4 Å². The molecule has 1 rings (SSSR count). The number of hydrogen-bond donors (Lipinski definition) is 1. The molecule has 0 spiro atoms. The molecule has 1 aliphatic carbocycles. The van der Waals surface area contributed by atoms with Crippen molar-refractivity contribution in [3.63, 3.8) is 0 Å². The molecule has 102 valence electrons. The van der Waals surface area contributed by atoms with Gasteiger partial charge in [0.05, 0.1) is 0 Å². The average Bonchev–Trinajstić information content (AvgIpc) is 2.99. The molecule has 1 atom stereocenters. The van der Waals surface area contributed by atoms with Crippen LogP contribution in [0.3, 0.4) is 0 Å². The summed E-state index contributed by atoms with van der Waals surface area (Å²) in [6.07, 6.45) is 5.41. The van der Waals surface area contributed by atoms with Gasteiger partial charge >= 0.3 is 0 Å². The lowest BCUT2D eigenvalue weighted by atomic mass is 9.84. The first-order valence-corrected chi connectivity index (χ1v) is 7.37. The standard InChI is InChI=1S/C15H32N2/c1-5-8-17(11-13-6-7-13)12-14(10-16)9-15(2,3)4/h13-14H,5-12,16H2,1-4H3. The van der Waals surface area contributed by atoms with Gasteiger partial charge in [-0.05, 0) is 56.0 Å². The first-order valence-electron chi connectivity index (χ1n) is 7.37. The Morgan fingerprint density at radius 1 is 1.29 bits per heavy atom. The minimum Gasteiger partial charge on any atom is -0.330 e. The van der Waals surface area contributed by atoms with Gasteiger partial charge in [-0.1, -0.05) is 27.7 Å². The minimum atomic E-state index is 0.404. The Hall–Kier alpha value is -0.0800. The normalized spacial score (nSPS) is 18.7. The van der Waals surface area contributed by atoms with Gasteiger partial charge in [-0.25, -0.2) is 0 Å². The smallest absolute Gasteiger partial charge is 0.00220 e. The summed E-state index contributed by atoms with van der Waals surface area (Å²) in [5, 5.41) is 0. The first kappa shape index (κ1) is 15.0. The molecule has 1 aliphatic rings. The molecule has 0 bridgehead atoms. The Balaban J connectivity index is 2.37. The van der Waals surface area contributed by atoms with Gasteiger partial charge in [0.1, 0.15) is 0 Å². The van der Waals surface area contributed by atoms with Crippen LogP contribution in [0, 0.1) is 17.3 Å². The first-order chi connectivity index (χ1) is 7.94. The fourth-order valence-electron chi connectivity index (χ4n) is 2.69. The van der Waals surface area contributed by atoms with E-state index in [-0.39, 0.29) is 0 Å². The minimum absolute atomic E-state index is 0.404. The van der Waals surface area contributed by atoms with Crippen LogP contribution in [0.4, 0.5) is 0 Å². The highest BCUT2D eigenvalue weighted by Gasteiger charge is 2.26. The summed E-state index contributed by atoms with van der Waals surface area (Å²) in [6.45, 7) is 13.8. The monoisotopic (exact) mass is 240 g/mol. The Labute approximate surface area is 108 Å². The Bertz CT molecular complexity index is 203. The molecule has 0 aromatic carbocycles. The average molecular weight is 240 g/mol. The van der Waals surface area contributed by atoms with Crippen molar-refractivity contribution in [1.82, 2.24) is 4.90 Å². The molecule has 0 saturated heterocycles. The maximum Gasteiger partial charge on any atom is 0.00220 e. The molecule has 2 N–H and O–H groups in total. The topological polar surface area (TPSA) is 29.3 Å². The summed E-state index contributed by atoms with van der Waals surface area (Å²) < 4.78 is 0. The zero-order valence-electron chi connectivity index (χ0n) is 12.3. The highest BCUT2D eigenvalue weighted by molar-refractivity contribution is 4.80. The second-order valence-electron chi connectivity index (χ2n) is 7.07. The molecule has 2 nitrogen and oxygen atoms in total. The fourth-order valence-corrected chi connectivity index (χ4v) is 2.69. The van der Waals surface area contributed by atoms with Crippen molar-refractivity contribution in [2.75, 3.05) is 26.2 Å². The molecule has 1 fully saturated rings. The number of hydrogen-bond acceptors (Lipinski definition) is 2. The van der Waals surface area contributed by atoms with Gasteiger partial charge in [-0.2, -0.15) is 0 Å². The maximum absolute atomic E-state index is 5.94. The van der Waals surface area contributed by atoms with Gasteiger partial charge in [-0.15, -0.1) is 0 Å². The molecular formula is C15H32N2. The van der Waals surface area contributed by atoms with Crippen molar-refractivity contribution in [3.05, 3.63) is 0 Å². The number of nitrogens with zero attached hydrogens (tertiary/aromatic N) is 1. The van der Waals surface area contributed by atoms with Crippen LogP contribution in [0.5, 0.6) is 0 Å².